The van der Waals surface area contributed by atoms with Gasteiger partial charge in [0.25, 0.3) is 0 Å². The second-order valence-electron chi connectivity index (χ2n) is 7.59. The first-order valence-corrected chi connectivity index (χ1v) is 9.78. The van der Waals surface area contributed by atoms with E-state index in [4.69, 9.17) is 5.73 Å². The average molecular weight is 353 g/mol. The Morgan fingerprint density at radius 3 is 2.73 bits per heavy atom. The molecule has 2 heterocycles. The van der Waals surface area contributed by atoms with Crippen LogP contribution < -0.4 is 11.1 Å². The van der Waals surface area contributed by atoms with Crippen LogP contribution in [-0.2, 0) is 17.8 Å². The normalized spacial score (nSPS) is 22.7. The van der Waals surface area contributed by atoms with E-state index in [9.17, 15) is 4.79 Å². The van der Waals surface area contributed by atoms with Crippen LogP contribution in [-0.4, -0.2) is 26.7 Å². The molecule has 2 aromatic rings. The molecule has 2 aliphatic rings. The molecule has 1 aliphatic heterocycles. The zero-order valence-electron chi connectivity index (χ0n) is 15.2. The Kier molecular flexibility index (Phi) is 5.02. The number of fused-ring (bicyclic) bond motifs is 1. The predicted octanol–water partition coefficient (Wildman–Crippen LogP) is 3.13. The summed E-state index contributed by atoms with van der Waals surface area (Å²) in [5, 5.41) is 11.7. The van der Waals surface area contributed by atoms with Gasteiger partial charge in [-0.2, -0.15) is 0 Å². The highest BCUT2D eigenvalue weighted by atomic mass is 16.1. The van der Waals surface area contributed by atoms with Crippen molar-refractivity contribution in [2.75, 3.05) is 5.32 Å². The zero-order chi connectivity index (χ0) is 17.9. The molecule has 4 rings (SSSR count). The maximum Gasteiger partial charge on any atom is 0.224 e. The second-order valence-corrected chi connectivity index (χ2v) is 7.59. The minimum Gasteiger partial charge on any atom is -0.327 e. The van der Waals surface area contributed by atoms with Crippen LogP contribution >= 0.6 is 0 Å². The molecule has 6 heteroatoms. The summed E-state index contributed by atoms with van der Waals surface area (Å²) >= 11 is 0. The van der Waals surface area contributed by atoms with E-state index in [-0.39, 0.29) is 11.9 Å². The maximum absolute atomic E-state index is 12.3. The van der Waals surface area contributed by atoms with Crippen molar-refractivity contribution in [3.8, 4) is 11.4 Å². The minimum absolute atomic E-state index is 0.0523. The molecular formula is C20H27N5O. The third kappa shape index (κ3) is 3.65. The van der Waals surface area contributed by atoms with Gasteiger partial charge in [0, 0.05) is 36.7 Å². The molecule has 26 heavy (non-hydrogen) atoms. The molecule has 0 unspecified atom stereocenters. The highest BCUT2D eigenvalue weighted by molar-refractivity contribution is 5.91. The molecule has 0 radical (unpaired) electrons. The molecule has 6 nitrogen and oxygen atoms in total. The Labute approximate surface area is 154 Å². The molecule has 0 saturated heterocycles. The lowest BCUT2D eigenvalue weighted by atomic mass is 10.00. The summed E-state index contributed by atoms with van der Waals surface area (Å²) in [7, 11) is 0. The van der Waals surface area contributed by atoms with E-state index in [0.29, 0.717) is 12.3 Å². The van der Waals surface area contributed by atoms with Crippen molar-refractivity contribution in [3.05, 3.63) is 30.1 Å². The second kappa shape index (κ2) is 7.58. The van der Waals surface area contributed by atoms with Gasteiger partial charge in [-0.3, -0.25) is 4.79 Å². The summed E-state index contributed by atoms with van der Waals surface area (Å²) < 4.78 is 2.24. The first-order chi connectivity index (χ1) is 12.7. The predicted molar refractivity (Wildman–Crippen MR) is 102 cm³/mol. The van der Waals surface area contributed by atoms with E-state index in [1.165, 1.54) is 19.3 Å². The SMILES string of the molecule is N[C@@H]1CCC[C@H]1CC(=O)Nc1ccc(-c2nnc3n2CCCCC3)cc1. The zero-order valence-corrected chi connectivity index (χ0v) is 15.2. The number of nitrogens with one attached hydrogen (secondary N) is 1. The number of anilines is 1. The van der Waals surface area contributed by atoms with Crippen LogP contribution in [0.2, 0.25) is 0 Å². The van der Waals surface area contributed by atoms with E-state index < -0.39 is 0 Å². The smallest absolute Gasteiger partial charge is 0.224 e. The molecule has 1 aromatic heterocycles. The summed E-state index contributed by atoms with van der Waals surface area (Å²) in [6, 6.07) is 8.09. The molecule has 2 atom stereocenters. The van der Waals surface area contributed by atoms with Crippen LogP contribution in [0.15, 0.2) is 24.3 Å². The Morgan fingerprint density at radius 1 is 1.12 bits per heavy atom. The number of hydrogen-bond acceptors (Lipinski definition) is 4. The van der Waals surface area contributed by atoms with E-state index in [0.717, 1.165) is 55.1 Å². The molecule has 138 valence electrons. The van der Waals surface area contributed by atoms with Gasteiger partial charge in [0.2, 0.25) is 5.91 Å². The van der Waals surface area contributed by atoms with Gasteiger partial charge in [-0.25, -0.2) is 0 Å². The molecule has 3 N–H and O–H groups in total. The largest absolute Gasteiger partial charge is 0.327 e. The van der Waals surface area contributed by atoms with E-state index in [2.05, 4.69) is 20.1 Å². The number of carbonyl (C=O) groups is 1. The molecular weight excluding hydrogens is 326 g/mol. The number of amides is 1. The van der Waals surface area contributed by atoms with Crippen molar-refractivity contribution in [3.63, 3.8) is 0 Å². The lowest BCUT2D eigenvalue weighted by molar-refractivity contribution is -0.117. The average Bonchev–Trinajstić information content (AvgIpc) is 3.14. The lowest BCUT2D eigenvalue weighted by Crippen LogP contribution is -2.28. The van der Waals surface area contributed by atoms with Gasteiger partial charge in [0.05, 0.1) is 0 Å². The molecule has 1 aromatic carbocycles. The van der Waals surface area contributed by atoms with Gasteiger partial charge in [-0.1, -0.05) is 12.8 Å². The Balaban J connectivity index is 1.42. The van der Waals surface area contributed by atoms with Crippen molar-refractivity contribution in [2.45, 2.75) is 64.0 Å². The monoisotopic (exact) mass is 353 g/mol. The third-order valence-corrected chi connectivity index (χ3v) is 5.70. The molecule has 1 fully saturated rings. The van der Waals surface area contributed by atoms with Crippen LogP contribution in [0.5, 0.6) is 0 Å². The molecule has 0 spiro atoms. The van der Waals surface area contributed by atoms with Crippen LogP contribution in [0.3, 0.4) is 0 Å². The van der Waals surface area contributed by atoms with Gasteiger partial charge in [0.15, 0.2) is 5.82 Å². The fourth-order valence-corrected chi connectivity index (χ4v) is 4.17. The molecule has 1 aliphatic carbocycles. The van der Waals surface area contributed by atoms with E-state index in [1.54, 1.807) is 0 Å². The van der Waals surface area contributed by atoms with Crippen LogP contribution in [0, 0.1) is 5.92 Å². The Morgan fingerprint density at radius 2 is 1.96 bits per heavy atom. The lowest BCUT2D eigenvalue weighted by Gasteiger charge is -2.15. The number of nitrogens with zero attached hydrogens (tertiary/aromatic N) is 3. The van der Waals surface area contributed by atoms with Gasteiger partial charge in [-0.05, 0) is 55.9 Å². The van der Waals surface area contributed by atoms with Crippen molar-refractivity contribution in [1.29, 1.82) is 0 Å². The maximum atomic E-state index is 12.3. The Bertz CT molecular complexity index is 767. The topological polar surface area (TPSA) is 85.8 Å². The highest BCUT2D eigenvalue weighted by Crippen LogP contribution is 2.28. The highest BCUT2D eigenvalue weighted by Gasteiger charge is 2.26. The molecule has 1 amide bonds. The van der Waals surface area contributed by atoms with Crippen LogP contribution in [0.1, 0.15) is 50.8 Å². The van der Waals surface area contributed by atoms with Crippen molar-refractivity contribution in [2.24, 2.45) is 11.7 Å². The standard InChI is InChI=1S/C20H27N5O/c21-17-6-4-5-15(17)13-19(26)22-16-10-8-14(9-11-16)20-24-23-18-7-2-1-3-12-25(18)20/h8-11,15,17H,1-7,12-13,21H2,(H,22,26)/t15-,17+/m0/s1. The number of aryl methyl sites for hydroxylation is 1. The fraction of sp³-hybridized carbons (Fsp3) is 0.550. The van der Waals surface area contributed by atoms with Crippen molar-refractivity contribution < 1.29 is 4.79 Å². The van der Waals surface area contributed by atoms with E-state index in [1.807, 2.05) is 24.3 Å². The number of aromatic nitrogens is 3. The number of nitrogens with two attached hydrogens (primary N) is 1. The first-order valence-electron chi connectivity index (χ1n) is 9.78. The first kappa shape index (κ1) is 17.2. The number of hydrogen-bond donors (Lipinski definition) is 2. The summed E-state index contributed by atoms with van der Waals surface area (Å²) in [6.07, 6.45) is 8.37. The van der Waals surface area contributed by atoms with Crippen molar-refractivity contribution >= 4 is 11.6 Å². The van der Waals surface area contributed by atoms with E-state index >= 15 is 0 Å². The molecule has 0 bridgehead atoms. The summed E-state index contributed by atoms with van der Waals surface area (Å²) in [5.74, 6) is 2.39. The fourth-order valence-electron chi connectivity index (χ4n) is 4.17. The number of carbonyl (C=O) groups excluding carboxylic acids is 1. The van der Waals surface area contributed by atoms with Gasteiger partial charge < -0.3 is 15.6 Å². The summed E-state index contributed by atoms with van der Waals surface area (Å²) in [4.78, 5) is 12.3. The van der Waals surface area contributed by atoms with Gasteiger partial charge >= 0.3 is 0 Å². The summed E-state index contributed by atoms with van der Waals surface area (Å²) in [6.45, 7) is 0.984. The number of benzene rings is 1. The summed E-state index contributed by atoms with van der Waals surface area (Å²) in [5.41, 5.74) is 7.93. The van der Waals surface area contributed by atoms with Crippen molar-refractivity contribution in [1.82, 2.24) is 14.8 Å². The molecule has 1 saturated carbocycles. The minimum atomic E-state index is 0.0523. The Hall–Kier alpha value is -2.21. The van der Waals surface area contributed by atoms with Gasteiger partial charge in [-0.15, -0.1) is 10.2 Å². The third-order valence-electron chi connectivity index (χ3n) is 5.70. The van der Waals surface area contributed by atoms with Crippen LogP contribution in [0.25, 0.3) is 11.4 Å². The van der Waals surface area contributed by atoms with Gasteiger partial charge in [0.1, 0.15) is 5.82 Å². The number of rotatable bonds is 4. The van der Waals surface area contributed by atoms with Crippen LogP contribution in [0.4, 0.5) is 5.69 Å². The quantitative estimate of drug-likeness (QED) is 0.884.